The number of nitrogens with one attached hydrogen (secondary N) is 1. The van der Waals surface area contributed by atoms with Gasteiger partial charge in [0.05, 0.1) is 6.20 Å². The molecule has 1 unspecified atom stereocenters. The highest BCUT2D eigenvalue weighted by atomic mass is 16.5. The first-order valence-corrected chi connectivity index (χ1v) is 5.00. The lowest BCUT2D eigenvalue weighted by molar-refractivity contribution is -0.143. The van der Waals surface area contributed by atoms with Crippen LogP contribution in [0.2, 0.25) is 0 Å². The lowest BCUT2D eigenvalue weighted by atomic mass is 10.3. The number of ether oxygens (including phenoxy) is 1. The van der Waals surface area contributed by atoms with Crippen LogP contribution in [-0.2, 0) is 14.3 Å². The molecule has 0 radical (unpaired) electrons. The fourth-order valence-corrected chi connectivity index (χ4v) is 1.15. The highest BCUT2D eigenvalue weighted by Gasteiger charge is 2.14. The van der Waals surface area contributed by atoms with Crippen molar-refractivity contribution in [3.63, 3.8) is 0 Å². The normalized spacial score (nSPS) is 12.1. The Morgan fingerprint density at radius 1 is 1.59 bits per heavy atom. The maximum atomic E-state index is 11.3. The number of hydrogen-bond acceptors (Lipinski definition) is 5. The van der Waals surface area contributed by atoms with Crippen molar-refractivity contribution < 1.29 is 23.8 Å². The quantitative estimate of drug-likeness (QED) is 0.742. The van der Waals surface area contributed by atoms with Crippen molar-refractivity contribution >= 4 is 11.9 Å². The van der Waals surface area contributed by atoms with E-state index in [0.717, 1.165) is 0 Å². The van der Waals surface area contributed by atoms with Crippen LogP contribution in [0.3, 0.4) is 0 Å². The smallest absolute Gasteiger partial charge is 0.329 e. The number of aromatic nitrogens is 1. The maximum Gasteiger partial charge on any atom is 0.329 e. The van der Waals surface area contributed by atoms with Crippen LogP contribution in [0.1, 0.15) is 24.6 Å². The SMILES string of the molecule is Cc1cnc(C(C)NC(=O)COCC(=O)O)o1. The minimum atomic E-state index is -1.12. The summed E-state index contributed by atoms with van der Waals surface area (Å²) in [5.41, 5.74) is 0. The molecule has 7 heteroatoms. The number of carbonyl (C=O) groups is 2. The van der Waals surface area contributed by atoms with E-state index in [1.165, 1.54) is 0 Å². The first-order chi connectivity index (χ1) is 7.99. The molecule has 17 heavy (non-hydrogen) atoms. The number of amides is 1. The molecule has 0 fully saturated rings. The Kier molecular flexibility index (Phi) is 4.65. The molecule has 0 spiro atoms. The zero-order valence-corrected chi connectivity index (χ0v) is 9.60. The predicted molar refractivity (Wildman–Crippen MR) is 56.3 cm³/mol. The lowest BCUT2D eigenvalue weighted by Gasteiger charge is -2.09. The van der Waals surface area contributed by atoms with Crippen LogP contribution in [0.15, 0.2) is 10.6 Å². The molecule has 0 saturated carbocycles. The van der Waals surface area contributed by atoms with Crippen molar-refractivity contribution in [1.82, 2.24) is 10.3 Å². The minimum absolute atomic E-state index is 0.309. The van der Waals surface area contributed by atoms with Gasteiger partial charge < -0.3 is 19.6 Å². The van der Waals surface area contributed by atoms with Gasteiger partial charge >= 0.3 is 5.97 Å². The molecule has 0 aliphatic heterocycles. The molecule has 0 aliphatic rings. The Hall–Kier alpha value is -1.89. The van der Waals surface area contributed by atoms with E-state index in [1.807, 2.05) is 0 Å². The van der Waals surface area contributed by atoms with E-state index in [2.05, 4.69) is 15.0 Å². The number of rotatable bonds is 6. The van der Waals surface area contributed by atoms with E-state index in [4.69, 9.17) is 9.52 Å². The average Bonchev–Trinajstić information content (AvgIpc) is 2.64. The Bertz CT molecular complexity index is 401. The van der Waals surface area contributed by atoms with Gasteiger partial charge in [0.15, 0.2) is 0 Å². The number of aliphatic carboxylic acids is 1. The van der Waals surface area contributed by atoms with Crippen molar-refractivity contribution in [2.45, 2.75) is 19.9 Å². The second-order valence-corrected chi connectivity index (χ2v) is 3.48. The van der Waals surface area contributed by atoms with Crippen LogP contribution >= 0.6 is 0 Å². The third-order valence-corrected chi connectivity index (χ3v) is 1.85. The van der Waals surface area contributed by atoms with Gasteiger partial charge in [0.2, 0.25) is 11.8 Å². The molecule has 1 rings (SSSR count). The second-order valence-electron chi connectivity index (χ2n) is 3.48. The summed E-state index contributed by atoms with van der Waals surface area (Å²) in [6.45, 7) is 2.65. The monoisotopic (exact) mass is 242 g/mol. The molecule has 0 bridgehead atoms. The van der Waals surface area contributed by atoms with Crippen molar-refractivity contribution in [2.24, 2.45) is 0 Å². The lowest BCUT2D eigenvalue weighted by Crippen LogP contribution is -2.31. The molecule has 1 aromatic rings. The summed E-state index contributed by atoms with van der Waals surface area (Å²) in [4.78, 5) is 25.4. The summed E-state index contributed by atoms with van der Waals surface area (Å²) in [5.74, 6) is -0.485. The van der Waals surface area contributed by atoms with Crippen LogP contribution in [0.4, 0.5) is 0 Å². The number of aryl methyl sites for hydroxylation is 1. The summed E-state index contributed by atoms with van der Waals surface area (Å²) in [7, 11) is 0. The van der Waals surface area contributed by atoms with Crippen LogP contribution in [-0.4, -0.2) is 35.2 Å². The third-order valence-electron chi connectivity index (χ3n) is 1.85. The van der Waals surface area contributed by atoms with Crippen LogP contribution in [0, 0.1) is 6.92 Å². The van der Waals surface area contributed by atoms with E-state index in [9.17, 15) is 9.59 Å². The summed E-state index contributed by atoms with van der Waals surface area (Å²) < 4.78 is 9.86. The first-order valence-electron chi connectivity index (χ1n) is 5.00. The predicted octanol–water partition coefficient (Wildman–Crippen LogP) is 0.261. The Morgan fingerprint density at radius 2 is 2.29 bits per heavy atom. The summed E-state index contributed by atoms with van der Waals surface area (Å²) in [6.07, 6.45) is 1.55. The molecule has 1 atom stereocenters. The summed E-state index contributed by atoms with van der Waals surface area (Å²) in [5, 5.41) is 10.9. The average molecular weight is 242 g/mol. The minimum Gasteiger partial charge on any atom is -0.480 e. The second kappa shape index (κ2) is 6.00. The molecule has 1 heterocycles. The van der Waals surface area contributed by atoms with Crippen molar-refractivity contribution in [3.8, 4) is 0 Å². The van der Waals surface area contributed by atoms with E-state index in [0.29, 0.717) is 11.7 Å². The van der Waals surface area contributed by atoms with Crippen LogP contribution in [0.5, 0.6) is 0 Å². The zero-order valence-electron chi connectivity index (χ0n) is 9.60. The van der Waals surface area contributed by atoms with Crippen LogP contribution in [0.25, 0.3) is 0 Å². The highest BCUT2D eigenvalue weighted by Crippen LogP contribution is 2.11. The molecule has 1 aromatic heterocycles. The van der Waals surface area contributed by atoms with E-state index < -0.39 is 18.5 Å². The molecule has 1 amide bonds. The molecule has 0 aliphatic carbocycles. The van der Waals surface area contributed by atoms with E-state index in [-0.39, 0.29) is 12.6 Å². The molecule has 0 saturated heterocycles. The van der Waals surface area contributed by atoms with E-state index >= 15 is 0 Å². The fourth-order valence-electron chi connectivity index (χ4n) is 1.15. The van der Waals surface area contributed by atoms with Gasteiger partial charge in [-0.25, -0.2) is 9.78 Å². The summed E-state index contributed by atoms with van der Waals surface area (Å²) in [6, 6.07) is -0.385. The highest BCUT2D eigenvalue weighted by molar-refractivity contribution is 5.78. The standard InChI is InChI=1S/C10H14N2O5/c1-6-3-11-10(17-6)7(2)12-8(13)4-16-5-9(14)15/h3,7H,4-5H2,1-2H3,(H,12,13)(H,14,15). The molecule has 94 valence electrons. The topological polar surface area (TPSA) is 102 Å². The number of carbonyl (C=O) groups excluding carboxylic acids is 1. The van der Waals surface area contributed by atoms with Gasteiger partial charge in [0, 0.05) is 0 Å². The van der Waals surface area contributed by atoms with Crippen molar-refractivity contribution in [1.29, 1.82) is 0 Å². The molecule has 0 aromatic carbocycles. The third kappa shape index (κ3) is 4.64. The first kappa shape index (κ1) is 13.2. The van der Waals surface area contributed by atoms with Gasteiger partial charge in [0.25, 0.3) is 0 Å². The van der Waals surface area contributed by atoms with Gasteiger partial charge in [0.1, 0.15) is 25.0 Å². The van der Waals surface area contributed by atoms with E-state index in [1.54, 1.807) is 20.0 Å². The summed E-state index contributed by atoms with van der Waals surface area (Å²) >= 11 is 0. The number of hydrogen-bond donors (Lipinski definition) is 2. The molecular weight excluding hydrogens is 228 g/mol. The number of oxazole rings is 1. The van der Waals surface area contributed by atoms with Gasteiger partial charge in [-0.05, 0) is 13.8 Å². The van der Waals surface area contributed by atoms with Gasteiger partial charge in [-0.3, -0.25) is 4.79 Å². The number of carboxylic acids is 1. The van der Waals surface area contributed by atoms with Gasteiger partial charge in [-0.15, -0.1) is 0 Å². The Morgan fingerprint density at radius 3 is 2.82 bits per heavy atom. The Labute approximate surface area is 97.8 Å². The fraction of sp³-hybridized carbons (Fsp3) is 0.500. The van der Waals surface area contributed by atoms with Gasteiger partial charge in [-0.1, -0.05) is 0 Å². The maximum absolute atomic E-state index is 11.3. The zero-order chi connectivity index (χ0) is 12.8. The molecule has 7 nitrogen and oxygen atoms in total. The molecular formula is C10H14N2O5. The van der Waals surface area contributed by atoms with Crippen molar-refractivity contribution in [3.05, 3.63) is 17.8 Å². The number of nitrogens with zero attached hydrogens (tertiary/aromatic N) is 1. The Balaban J connectivity index is 2.33. The van der Waals surface area contributed by atoms with Crippen LogP contribution < -0.4 is 5.32 Å². The largest absolute Gasteiger partial charge is 0.480 e. The molecule has 2 N–H and O–H groups in total. The number of carboxylic acid groups (broad SMARTS) is 1. The van der Waals surface area contributed by atoms with Gasteiger partial charge in [-0.2, -0.15) is 0 Å². The van der Waals surface area contributed by atoms with Crippen molar-refractivity contribution in [2.75, 3.05) is 13.2 Å².